The summed E-state index contributed by atoms with van der Waals surface area (Å²) in [6, 6.07) is 0. The normalized spacial score (nSPS) is 27.7. The van der Waals surface area contributed by atoms with Crippen molar-refractivity contribution in [2.75, 3.05) is 0 Å². The molecule has 0 aromatic rings. The Balaban J connectivity index is -0.0000000606. The Bertz CT molecular complexity index is 431. The molecule has 0 spiro atoms. The Hall–Kier alpha value is 1.11. The summed E-state index contributed by atoms with van der Waals surface area (Å²) in [6.45, 7) is 12.4. The van der Waals surface area contributed by atoms with Gasteiger partial charge in [0.2, 0.25) is 0 Å². The molecule has 2 aliphatic rings. The van der Waals surface area contributed by atoms with Crippen LogP contribution in [0, 0.1) is 49.4 Å². The molecule has 2 fully saturated rings. The van der Waals surface area contributed by atoms with Crippen molar-refractivity contribution in [1.82, 2.24) is 0 Å². The van der Waals surface area contributed by atoms with Gasteiger partial charge in [-0.15, -0.1) is 0 Å². The van der Waals surface area contributed by atoms with Gasteiger partial charge in [0.1, 0.15) is 0 Å². The standard InChI is InChI=1S/2C10H18O2.CH4.2CH3.H2O.2Y/c2*1-7-5-4-6-10(2,3)8(7)9(11)12;;;;;;/h2*7-8H,4-6H2,1-3H3,(H,11,12);1H4;2*1H3;1H2;;/q;;;2*-1;;;/p+1. The van der Waals surface area contributed by atoms with Crippen molar-refractivity contribution in [3.63, 3.8) is 0 Å². The maximum Gasteiger partial charge on any atom is 1.00 e. The molecule has 4 N–H and O–H groups in total. The van der Waals surface area contributed by atoms with Crippen LogP contribution >= 0.6 is 0 Å². The van der Waals surface area contributed by atoms with Crippen molar-refractivity contribution in [3.8, 4) is 0 Å². The third-order valence-corrected chi connectivity index (χ3v) is 6.32. The first kappa shape index (κ1) is 44.7. The van der Waals surface area contributed by atoms with E-state index in [9.17, 15) is 9.59 Å². The van der Waals surface area contributed by atoms with Gasteiger partial charge >= 0.3 is 13.4 Å². The van der Waals surface area contributed by atoms with Gasteiger partial charge in [-0.3, -0.25) is 9.59 Å². The minimum Gasteiger partial charge on any atom is -0.481 e. The Labute approximate surface area is 238 Å². The number of carboxylic acids is 2. The molecule has 0 amide bonds. The van der Waals surface area contributed by atoms with E-state index in [1.807, 2.05) is 0 Å². The van der Waals surface area contributed by atoms with Crippen molar-refractivity contribution >= 4 is 11.9 Å². The van der Waals surface area contributed by atoms with Crippen LogP contribution in [0.3, 0.4) is 0 Å². The maximum atomic E-state index is 11.0. The fourth-order valence-electron chi connectivity index (χ4n) is 5.10. The average Bonchev–Trinajstić information content (AvgIpc) is 2.35. The van der Waals surface area contributed by atoms with Crippen LogP contribution in [0.25, 0.3) is 0 Å². The van der Waals surface area contributed by atoms with Crippen LogP contribution in [0.15, 0.2) is 0 Å². The van der Waals surface area contributed by atoms with E-state index < -0.39 is 11.9 Å². The molecule has 0 aromatic heterocycles. The molecule has 7 heteroatoms. The molecule has 0 bridgehead atoms. The summed E-state index contributed by atoms with van der Waals surface area (Å²) in [7, 11) is 0. The monoisotopic (exact) mass is 583 g/mol. The van der Waals surface area contributed by atoms with E-state index in [-0.39, 0.29) is 117 Å². The van der Waals surface area contributed by atoms with Crippen molar-refractivity contribution in [3.05, 3.63) is 14.9 Å². The minimum atomic E-state index is -0.618. The number of hydrogen-bond acceptors (Lipinski definition) is 2. The molecule has 4 atom stereocenters. The van der Waals surface area contributed by atoms with Crippen LogP contribution in [0.1, 0.15) is 88.9 Å². The van der Waals surface area contributed by atoms with Crippen molar-refractivity contribution in [2.24, 2.45) is 34.5 Å². The Morgan fingerprint density at radius 3 is 1.13 bits per heavy atom. The Kier molecular flexibility index (Phi) is 27.6. The first-order valence-corrected chi connectivity index (χ1v) is 9.36. The number of carboxylic acid groups (broad SMARTS) is 2. The van der Waals surface area contributed by atoms with Crippen LogP contribution in [0.4, 0.5) is 0 Å². The molecule has 2 saturated carbocycles. The number of carbonyl (C=O) groups is 2. The van der Waals surface area contributed by atoms with E-state index in [0.29, 0.717) is 11.8 Å². The summed E-state index contributed by atoms with van der Waals surface area (Å²) >= 11 is 0. The van der Waals surface area contributed by atoms with E-state index in [1.54, 1.807) is 0 Å². The molecule has 2 rings (SSSR count). The van der Waals surface area contributed by atoms with Crippen molar-refractivity contribution in [1.29, 1.82) is 0 Å². The third-order valence-electron chi connectivity index (χ3n) is 6.32. The van der Waals surface area contributed by atoms with Gasteiger partial charge in [-0.2, -0.15) is 0 Å². The summed E-state index contributed by atoms with van der Waals surface area (Å²) in [5, 5.41) is 18.1. The minimum absolute atomic E-state index is 0. The molecule has 2 radical (unpaired) electrons. The first-order chi connectivity index (χ1) is 10.9. The van der Waals surface area contributed by atoms with Gasteiger partial charge in [-0.1, -0.05) is 61.8 Å². The number of aliphatic carboxylic acids is 2. The topological polar surface area (TPSA) is 106 Å². The molecule has 2 aliphatic carbocycles. The smallest absolute Gasteiger partial charge is 0.481 e. The molecule has 0 aliphatic heterocycles. The molecular formula is C23H49O5Y2-. The third kappa shape index (κ3) is 12.4. The zero-order valence-corrected chi connectivity index (χ0v) is 25.6. The maximum absolute atomic E-state index is 11.0. The van der Waals surface area contributed by atoms with Gasteiger partial charge in [0.25, 0.3) is 0 Å². The molecule has 4 unspecified atom stereocenters. The Morgan fingerprint density at radius 1 is 0.767 bits per heavy atom. The van der Waals surface area contributed by atoms with Crippen molar-refractivity contribution < 1.29 is 92.1 Å². The summed E-state index contributed by atoms with van der Waals surface area (Å²) in [4.78, 5) is 22.0. The Morgan fingerprint density at radius 2 is 1.00 bits per heavy atom. The molecule has 30 heavy (non-hydrogen) atoms. The summed E-state index contributed by atoms with van der Waals surface area (Å²) in [5.74, 6) is -0.852. The zero-order chi connectivity index (χ0) is 18.7. The van der Waals surface area contributed by atoms with E-state index in [0.717, 1.165) is 25.7 Å². The predicted octanol–water partition coefficient (Wildman–Crippen LogP) is 5.89. The van der Waals surface area contributed by atoms with Crippen LogP contribution in [0.2, 0.25) is 0 Å². The van der Waals surface area contributed by atoms with Crippen LogP contribution in [-0.2, 0) is 75.0 Å². The number of hydrogen-bond donors (Lipinski definition) is 2. The van der Waals surface area contributed by atoms with E-state index >= 15 is 0 Å². The van der Waals surface area contributed by atoms with Crippen molar-refractivity contribution in [2.45, 2.75) is 87.5 Å². The zero-order valence-electron chi connectivity index (χ0n) is 20.9. The van der Waals surface area contributed by atoms with Crippen LogP contribution in [0.5, 0.6) is 0 Å². The van der Waals surface area contributed by atoms with Gasteiger partial charge in [0, 0.05) is 65.4 Å². The van der Waals surface area contributed by atoms with E-state index in [4.69, 9.17) is 10.2 Å². The second-order valence-corrected chi connectivity index (χ2v) is 9.35. The summed E-state index contributed by atoms with van der Waals surface area (Å²) in [6.07, 6.45) is 6.60. The van der Waals surface area contributed by atoms with E-state index in [2.05, 4.69) is 41.5 Å². The van der Waals surface area contributed by atoms with Gasteiger partial charge in [0.15, 0.2) is 0 Å². The summed E-state index contributed by atoms with van der Waals surface area (Å²) in [5.41, 5.74) is -0.0208. The van der Waals surface area contributed by atoms with Gasteiger partial charge in [-0.25, -0.2) is 0 Å². The largest absolute Gasteiger partial charge is 1.00 e. The molecule has 0 heterocycles. The molecule has 0 aromatic carbocycles. The molecule has 178 valence electrons. The fraction of sp³-hybridized carbons (Fsp3) is 0.826. The first-order valence-electron chi connectivity index (χ1n) is 9.36. The van der Waals surface area contributed by atoms with Crippen LogP contribution < -0.4 is 0 Å². The van der Waals surface area contributed by atoms with E-state index in [1.165, 1.54) is 12.8 Å². The average molecular weight is 583 g/mol. The predicted molar refractivity (Wildman–Crippen MR) is 120 cm³/mol. The quantitative estimate of drug-likeness (QED) is 0.396. The van der Waals surface area contributed by atoms with Gasteiger partial charge in [0.05, 0.1) is 11.8 Å². The van der Waals surface area contributed by atoms with Gasteiger partial charge in [-0.05, 0) is 48.3 Å². The molecular weight excluding hydrogens is 534 g/mol. The summed E-state index contributed by atoms with van der Waals surface area (Å²) < 4.78 is 0. The molecule has 5 nitrogen and oxygen atoms in total. The molecule has 0 saturated heterocycles. The fourth-order valence-corrected chi connectivity index (χ4v) is 5.10. The number of rotatable bonds is 2. The van der Waals surface area contributed by atoms with Crippen LogP contribution in [-0.4, -0.2) is 27.6 Å². The second kappa shape index (κ2) is 18.5. The second-order valence-electron chi connectivity index (χ2n) is 9.35. The SMILES string of the molecule is C.CC1CCCC(C)(C)C1C(=O)O.CC1CCCC(C)(C)C1C(=O)O.O.[CH3-].[CH3-].[H+].[Y].[Y]. The van der Waals surface area contributed by atoms with Gasteiger partial charge < -0.3 is 30.5 Å².